The van der Waals surface area contributed by atoms with Crippen molar-refractivity contribution in [1.29, 1.82) is 0 Å². The summed E-state index contributed by atoms with van der Waals surface area (Å²) in [4.78, 5) is 35.7. The van der Waals surface area contributed by atoms with E-state index < -0.39 is 24.2 Å². The Labute approximate surface area is 206 Å². The van der Waals surface area contributed by atoms with Crippen LogP contribution in [-0.2, 0) is 19.1 Å². The largest absolute Gasteiger partial charge is 0.480 e. The summed E-state index contributed by atoms with van der Waals surface area (Å²) in [7, 11) is 1.40. The first-order valence-electron chi connectivity index (χ1n) is 12.0. The Kier molecular flexibility index (Phi) is 9.25. The number of rotatable bonds is 12. The van der Waals surface area contributed by atoms with Crippen LogP contribution >= 0.6 is 0 Å². The van der Waals surface area contributed by atoms with Crippen molar-refractivity contribution < 1.29 is 29.0 Å². The predicted octanol–water partition coefficient (Wildman–Crippen LogP) is 3.94. The summed E-state index contributed by atoms with van der Waals surface area (Å²) < 4.78 is 10.6. The molecule has 2 aromatic rings. The maximum Gasteiger partial charge on any atom is 0.407 e. The van der Waals surface area contributed by atoms with E-state index in [1.54, 1.807) is 6.92 Å². The molecule has 8 heteroatoms. The van der Waals surface area contributed by atoms with Crippen molar-refractivity contribution in [3.63, 3.8) is 0 Å². The van der Waals surface area contributed by atoms with Gasteiger partial charge in [-0.25, -0.2) is 9.59 Å². The van der Waals surface area contributed by atoms with Crippen LogP contribution < -0.4 is 10.6 Å². The molecule has 0 bridgehead atoms. The van der Waals surface area contributed by atoms with Crippen molar-refractivity contribution in [1.82, 2.24) is 10.6 Å². The van der Waals surface area contributed by atoms with Gasteiger partial charge in [0.05, 0.1) is 6.10 Å². The fraction of sp³-hybridized carbons (Fsp3) is 0.444. The number of methoxy groups -OCH3 is 1. The maximum absolute atomic E-state index is 12.3. The molecule has 1 aliphatic carbocycles. The molecule has 0 saturated heterocycles. The van der Waals surface area contributed by atoms with E-state index in [1.807, 2.05) is 31.2 Å². The lowest BCUT2D eigenvalue weighted by atomic mass is 9.98. The van der Waals surface area contributed by atoms with Crippen molar-refractivity contribution in [2.45, 2.75) is 51.2 Å². The summed E-state index contributed by atoms with van der Waals surface area (Å²) in [6.45, 7) is 4.27. The average molecular weight is 483 g/mol. The zero-order valence-electron chi connectivity index (χ0n) is 20.5. The van der Waals surface area contributed by atoms with Gasteiger partial charge < -0.3 is 25.2 Å². The molecule has 35 heavy (non-hydrogen) atoms. The minimum atomic E-state index is -1.13. The molecule has 0 saturated carbocycles. The standard InChI is InChI=1S/C27H34N2O6/c1-17(12-13-24(30)29-25(26(31)32)18(2)34-3)14-15-28-27(33)35-16-23-21-10-6-4-8-19(21)20-9-5-7-11-22(20)23/h4-11,17-18,23,25H,12-16H2,1-3H3,(H,28,33)(H,29,30)(H,31,32). The average Bonchev–Trinajstić information content (AvgIpc) is 3.17. The van der Waals surface area contributed by atoms with Crippen LogP contribution in [0.5, 0.6) is 0 Å². The van der Waals surface area contributed by atoms with Crippen LogP contribution in [0.1, 0.15) is 50.2 Å². The van der Waals surface area contributed by atoms with Crippen LogP contribution in [0, 0.1) is 5.92 Å². The summed E-state index contributed by atoms with van der Waals surface area (Å²) in [6, 6.07) is 15.3. The zero-order valence-corrected chi connectivity index (χ0v) is 20.5. The van der Waals surface area contributed by atoms with Crippen LogP contribution in [0.4, 0.5) is 4.79 Å². The quantitative estimate of drug-likeness (QED) is 0.422. The molecule has 2 amide bonds. The number of amides is 2. The van der Waals surface area contributed by atoms with Crippen molar-refractivity contribution in [3.8, 4) is 11.1 Å². The van der Waals surface area contributed by atoms with Crippen molar-refractivity contribution >= 4 is 18.0 Å². The molecule has 0 radical (unpaired) electrons. The number of nitrogens with one attached hydrogen (secondary N) is 2. The van der Waals surface area contributed by atoms with E-state index in [0.717, 1.165) is 0 Å². The molecule has 188 valence electrons. The topological polar surface area (TPSA) is 114 Å². The molecule has 8 nitrogen and oxygen atoms in total. The Morgan fingerprint density at radius 3 is 2.14 bits per heavy atom. The lowest BCUT2D eigenvalue weighted by Gasteiger charge is -2.20. The minimum Gasteiger partial charge on any atom is -0.480 e. The second-order valence-corrected chi connectivity index (χ2v) is 9.01. The van der Waals surface area contributed by atoms with Gasteiger partial charge in [0.2, 0.25) is 5.91 Å². The monoisotopic (exact) mass is 482 g/mol. The van der Waals surface area contributed by atoms with E-state index in [9.17, 15) is 19.5 Å². The van der Waals surface area contributed by atoms with Crippen LogP contribution in [0.2, 0.25) is 0 Å². The summed E-state index contributed by atoms with van der Waals surface area (Å²) in [5, 5.41) is 14.5. The smallest absolute Gasteiger partial charge is 0.407 e. The van der Waals surface area contributed by atoms with Crippen LogP contribution in [-0.4, -0.2) is 55.5 Å². The third-order valence-corrected chi connectivity index (χ3v) is 6.54. The van der Waals surface area contributed by atoms with Crippen LogP contribution in [0.25, 0.3) is 11.1 Å². The highest BCUT2D eigenvalue weighted by atomic mass is 16.5. The Balaban J connectivity index is 1.38. The molecule has 2 aromatic carbocycles. The van der Waals surface area contributed by atoms with Crippen LogP contribution in [0.3, 0.4) is 0 Å². The van der Waals surface area contributed by atoms with E-state index in [-0.39, 0.29) is 30.8 Å². The molecule has 1 aliphatic rings. The SMILES string of the molecule is COC(C)C(NC(=O)CCC(C)CCNC(=O)OCC1c2ccccc2-c2ccccc21)C(=O)O. The Morgan fingerprint density at radius 1 is 0.971 bits per heavy atom. The first kappa shape index (κ1) is 26.2. The predicted molar refractivity (Wildman–Crippen MR) is 132 cm³/mol. The summed E-state index contributed by atoms with van der Waals surface area (Å²) >= 11 is 0. The van der Waals surface area contributed by atoms with Gasteiger partial charge in [0.1, 0.15) is 6.61 Å². The highest BCUT2D eigenvalue weighted by Gasteiger charge is 2.29. The molecule has 0 aromatic heterocycles. The maximum atomic E-state index is 12.3. The number of aliphatic carboxylic acids is 1. The number of carboxylic acid groups (broad SMARTS) is 1. The van der Waals surface area contributed by atoms with Crippen LogP contribution in [0.15, 0.2) is 48.5 Å². The number of alkyl carbamates (subject to hydrolysis) is 1. The second-order valence-electron chi connectivity index (χ2n) is 9.01. The number of hydrogen-bond acceptors (Lipinski definition) is 5. The molecular formula is C27H34N2O6. The van der Waals surface area contributed by atoms with Gasteiger partial charge >= 0.3 is 12.1 Å². The van der Waals surface area contributed by atoms with Crippen molar-refractivity contribution in [2.24, 2.45) is 5.92 Å². The number of ether oxygens (including phenoxy) is 2. The summed E-state index contributed by atoms with van der Waals surface area (Å²) in [6.07, 6.45) is 0.358. The molecule has 0 aliphatic heterocycles. The summed E-state index contributed by atoms with van der Waals surface area (Å²) in [5.74, 6) is -1.29. The molecule has 3 atom stereocenters. The normalized spacial score (nSPS) is 14.8. The van der Waals surface area contributed by atoms with Gasteiger partial charge in [-0.1, -0.05) is 55.5 Å². The first-order chi connectivity index (χ1) is 16.8. The number of fused-ring (bicyclic) bond motifs is 3. The third-order valence-electron chi connectivity index (χ3n) is 6.54. The first-order valence-corrected chi connectivity index (χ1v) is 12.0. The van der Waals surface area contributed by atoms with Gasteiger partial charge in [-0.15, -0.1) is 0 Å². The van der Waals surface area contributed by atoms with E-state index in [4.69, 9.17) is 9.47 Å². The highest BCUT2D eigenvalue weighted by molar-refractivity contribution is 5.84. The Morgan fingerprint density at radius 2 is 1.57 bits per heavy atom. The lowest BCUT2D eigenvalue weighted by Crippen LogP contribution is -2.48. The molecule has 0 spiro atoms. The molecule has 0 heterocycles. The second kappa shape index (κ2) is 12.4. The van der Waals surface area contributed by atoms with Gasteiger partial charge in [-0.05, 0) is 47.9 Å². The van der Waals surface area contributed by atoms with E-state index in [1.165, 1.54) is 29.4 Å². The van der Waals surface area contributed by atoms with Gasteiger partial charge in [-0.3, -0.25) is 4.79 Å². The fourth-order valence-electron chi connectivity index (χ4n) is 4.35. The van der Waals surface area contributed by atoms with Gasteiger partial charge in [0, 0.05) is 26.0 Å². The van der Waals surface area contributed by atoms with E-state index in [2.05, 4.69) is 34.9 Å². The van der Waals surface area contributed by atoms with Gasteiger partial charge in [0.15, 0.2) is 6.04 Å². The molecular weight excluding hydrogens is 448 g/mol. The zero-order chi connectivity index (χ0) is 25.4. The molecule has 3 rings (SSSR count). The lowest BCUT2D eigenvalue weighted by molar-refractivity contribution is -0.145. The third kappa shape index (κ3) is 6.82. The Bertz CT molecular complexity index is 994. The summed E-state index contributed by atoms with van der Waals surface area (Å²) in [5.41, 5.74) is 4.69. The highest BCUT2D eigenvalue weighted by Crippen LogP contribution is 2.44. The van der Waals surface area contributed by atoms with Crippen molar-refractivity contribution in [3.05, 3.63) is 59.7 Å². The molecule has 0 fully saturated rings. The van der Waals surface area contributed by atoms with Crippen molar-refractivity contribution in [2.75, 3.05) is 20.3 Å². The number of benzene rings is 2. The molecule has 3 N–H and O–H groups in total. The number of carbonyl (C=O) groups is 3. The number of hydrogen-bond donors (Lipinski definition) is 3. The molecule has 3 unspecified atom stereocenters. The van der Waals surface area contributed by atoms with Gasteiger partial charge in [-0.2, -0.15) is 0 Å². The Hall–Kier alpha value is -3.39. The minimum absolute atomic E-state index is 0.0149. The fourth-order valence-corrected chi connectivity index (χ4v) is 4.35. The van der Waals surface area contributed by atoms with Gasteiger partial charge in [0.25, 0.3) is 0 Å². The van der Waals surface area contributed by atoms with E-state index >= 15 is 0 Å². The number of carbonyl (C=O) groups excluding carboxylic acids is 2. The number of carboxylic acids is 1. The van der Waals surface area contributed by atoms with E-state index in [0.29, 0.717) is 19.4 Å².